The Morgan fingerprint density at radius 3 is 2.44 bits per heavy atom. The third kappa shape index (κ3) is 4.45. The summed E-state index contributed by atoms with van der Waals surface area (Å²) in [5, 5.41) is 19.7. The van der Waals surface area contributed by atoms with Crippen LogP contribution in [0.1, 0.15) is 10.4 Å². The van der Waals surface area contributed by atoms with Gasteiger partial charge in [0.25, 0.3) is 5.22 Å². The molecule has 0 spiro atoms. The van der Waals surface area contributed by atoms with Crippen molar-refractivity contribution < 1.29 is 19.1 Å². The first-order chi connectivity index (χ1) is 12.1. The molecule has 25 heavy (non-hydrogen) atoms. The topological polar surface area (TPSA) is 105 Å². The van der Waals surface area contributed by atoms with E-state index in [1.54, 1.807) is 0 Å². The third-order valence-corrected chi connectivity index (χ3v) is 3.99. The Balaban J connectivity index is 1.54. The second-order valence-corrected chi connectivity index (χ2v) is 5.89. The first kappa shape index (κ1) is 16.7. The van der Waals surface area contributed by atoms with Gasteiger partial charge in [0.05, 0.1) is 11.3 Å². The van der Waals surface area contributed by atoms with Gasteiger partial charge in [-0.05, 0) is 36.4 Å². The number of hydrogen-bond acceptors (Lipinski definition) is 6. The van der Waals surface area contributed by atoms with Gasteiger partial charge < -0.3 is 14.8 Å². The van der Waals surface area contributed by atoms with Crippen molar-refractivity contribution in [3.8, 4) is 11.5 Å². The Hall–Kier alpha value is -3.13. The summed E-state index contributed by atoms with van der Waals surface area (Å²) < 4.78 is 5.51. The Morgan fingerprint density at radius 2 is 1.76 bits per heavy atom. The van der Waals surface area contributed by atoms with Gasteiger partial charge in [-0.25, -0.2) is 4.79 Å². The normalized spacial score (nSPS) is 10.4. The number of thioether (sulfide) groups is 1. The second kappa shape index (κ2) is 7.63. The van der Waals surface area contributed by atoms with Crippen molar-refractivity contribution in [2.45, 2.75) is 5.22 Å². The summed E-state index contributed by atoms with van der Waals surface area (Å²) in [4.78, 5) is 22.7. The van der Waals surface area contributed by atoms with Crippen LogP contribution in [0.5, 0.6) is 0 Å². The van der Waals surface area contributed by atoms with Crippen LogP contribution >= 0.6 is 11.8 Å². The Labute approximate surface area is 147 Å². The molecule has 7 nitrogen and oxygen atoms in total. The SMILES string of the molecule is O=C(CSc1nnc(-c2ccccc2)o1)Nc1ccc(C(=O)O)cc1. The van der Waals surface area contributed by atoms with E-state index in [2.05, 4.69) is 15.5 Å². The largest absolute Gasteiger partial charge is 0.478 e. The lowest BCUT2D eigenvalue weighted by Crippen LogP contribution is -2.14. The molecule has 0 bridgehead atoms. The standard InChI is InChI=1S/C17H13N3O4S/c21-14(18-13-8-6-12(7-9-13)16(22)23)10-25-17-20-19-15(24-17)11-4-2-1-3-5-11/h1-9H,10H2,(H,18,21)(H,22,23). The number of aromatic carboxylic acids is 1. The molecule has 0 saturated carbocycles. The van der Waals surface area contributed by atoms with Crippen molar-refractivity contribution >= 4 is 29.3 Å². The minimum atomic E-state index is -1.01. The van der Waals surface area contributed by atoms with Crippen molar-refractivity contribution in [2.24, 2.45) is 0 Å². The van der Waals surface area contributed by atoms with Crippen LogP contribution in [0.15, 0.2) is 64.2 Å². The molecule has 3 aromatic rings. The van der Waals surface area contributed by atoms with Gasteiger partial charge >= 0.3 is 5.97 Å². The summed E-state index contributed by atoms with van der Waals surface area (Å²) in [5.74, 6) is -0.781. The quantitative estimate of drug-likeness (QED) is 0.654. The number of carboxylic acids is 1. The van der Waals surface area contributed by atoms with Gasteiger partial charge in [0.15, 0.2) is 0 Å². The number of rotatable bonds is 6. The summed E-state index contributed by atoms with van der Waals surface area (Å²) in [6.45, 7) is 0. The van der Waals surface area contributed by atoms with Crippen molar-refractivity contribution in [1.29, 1.82) is 0 Å². The van der Waals surface area contributed by atoms with Crippen molar-refractivity contribution in [3.05, 3.63) is 60.2 Å². The number of benzene rings is 2. The van der Waals surface area contributed by atoms with Gasteiger partial charge in [-0.2, -0.15) is 0 Å². The first-order valence-corrected chi connectivity index (χ1v) is 8.25. The predicted octanol–water partition coefficient (Wildman–Crippen LogP) is 3.17. The fourth-order valence-electron chi connectivity index (χ4n) is 1.99. The van der Waals surface area contributed by atoms with Gasteiger partial charge in [-0.15, -0.1) is 10.2 Å². The molecule has 1 amide bonds. The molecule has 1 heterocycles. The van der Waals surface area contributed by atoms with Crippen molar-refractivity contribution in [2.75, 3.05) is 11.1 Å². The lowest BCUT2D eigenvalue weighted by atomic mass is 10.2. The minimum Gasteiger partial charge on any atom is -0.478 e. The number of carboxylic acid groups (broad SMARTS) is 1. The van der Waals surface area contributed by atoms with Crippen LogP contribution in [-0.2, 0) is 4.79 Å². The predicted molar refractivity (Wildman–Crippen MR) is 92.5 cm³/mol. The third-order valence-electron chi connectivity index (χ3n) is 3.17. The molecule has 0 fully saturated rings. The summed E-state index contributed by atoms with van der Waals surface area (Å²) in [5.41, 5.74) is 1.49. The molecule has 8 heteroatoms. The van der Waals surface area contributed by atoms with Gasteiger partial charge in [-0.3, -0.25) is 4.79 Å². The van der Waals surface area contributed by atoms with Crippen molar-refractivity contribution in [3.63, 3.8) is 0 Å². The molecular formula is C17H13N3O4S. The van der Waals surface area contributed by atoms with E-state index in [1.165, 1.54) is 24.3 Å². The number of carbonyl (C=O) groups excluding carboxylic acids is 1. The first-order valence-electron chi connectivity index (χ1n) is 7.27. The van der Waals surface area contributed by atoms with Gasteiger partial charge in [0, 0.05) is 11.3 Å². The average molecular weight is 355 g/mol. The molecule has 0 aliphatic rings. The summed E-state index contributed by atoms with van der Waals surface area (Å²) >= 11 is 1.12. The highest BCUT2D eigenvalue weighted by atomic mass is 32.2. The maximum Gasteiger partial charge on any atom is 0.335 e. The lowest BCUT2D eigenvalue weighted by Gasteiger charge is -2.04. The average Bonchev–Trinajstić information content (AvgIpc) is 3.10. The molecular weight excluding hydrogens is 342 g/mol. The number of carbonyl (C=O) groups is 2. The van der Waals surface area contributed by atoms with E-state index in [-0.39, 0.29) is 17.2 Å². The zero-order valence-electron chi connectivity index (χ0n) is 12.9. The fraction of sp³-hybridized carbons (Fsp3) is 0.0588. The van der Waals surface area contributed by atoms with Crippen LogP contribution < -0.4 is 5.32 Å². The van der Waals surface area contributed by atoms with Crippen LogP contribution in [0.3, 0.4) is 0 Å². The number of anilines is 1. The maximum absolute atomic E-state index is 11.9. The number of nitrogens with zero attached hydrogens (tertiary/aromatic N) is 2. The Bertz CT molecular complexity index is 878. The molecule has 3 rings (SSSR count). The van der Waals surface area contributed by atoms with Crippen LogP contribution in [-0.4, -0.2) is 32.9 Å². The number of aromatic nitrogens is 2. The molecule has 0 unspecified atom stereocenters. The fourth-order valence-corrected chi connectivity index (χ4v) is 2.55. The zero-order chi connectivity index (χ0) is 17.6. The van der Waals surface area contributed by atoms with Crippen LogP contribution in [0.2, 0.25) is 0 Å². The smallest absolute Gasteiger partial charge is 0.335 e. The molecule has 0 radical (unpaired) electrons. The molecule has 0 saturated heterocycles. The van der Waals surface area contributed by atoms with E-state index in [0.717, 1.165) is 17.3 Å². The molecule has 1 aromatic heterocycles. The molecule has 2 aromatic carbocycles. The highest BCUT2D eigenvalue weighted by molar-refractivity contribution is 7.99. The van der Waals surface area contributed by atoms with Crippen LogP contribution in [0.25, 0.3) is 11.5 Å². The summed E-state index contributed by atoms with van der Waals surface area (Å²) in [6.07, 6.45) is 0. The van der Waals surface area contributed by atoms with Crippen LogP contribution in [0, 0.1) is 0 Å². The van der Waals surface area contributed by atoms with Gasteiger partial charge in [-0.1, -0.05) is 30.0 Å². The van der Waals surface area contributed by atoms with E-state index < -0.39 is 5.97 Å². The molecule has 0 aliphatic heterocycles. The highest BCUT2D eigenvalue weighted by Crippen LogP contribution is 2.23. The summed E-state index contributed by atoms with van der Waals surface area (Å²) in [6, 6.07) is 15.3. The zero-order valence-corrected chi connectivity index (χ0v) is 13.7. The lowest BCUT2D eigenvalue weighted by molar-refractivity contribution is -0.113. The van der Waals surface area contributed by atoms with E-state index in [1.807, 2.05) is 30.3 Å². The van der Waals surface area contributed by atoms with Gasteiger partial charge in [0.1, 0.15) is 0 Å². The van der Waals surface area contributed by atoms with E-state index in [0.29, 0.717) is 16.8 Å². The maximum atomic E-state index is 11.9. The monoisotopic (exact) mass is 355 g/mol. The number of hydrogen-bond donors (Lipinski definition) is 2. The Morgan fingerprint density at radius 1 is 1.04 bits per heavy atom. The Kier molecular flexibility index (Phi) is 5.10. The van der Waals surface area contributed by atoms with Gasteiger partial charge in [0.2, 0.25) is 11.8 Å². The molecule has 0 atom stereocenters. The summed E-state index contributed by atoms with van der Waals surface area (Å²) in [7, 11) is 0. The second-order valence-electron chi connectivity index (χ2n) is 4.96. The highest BCUT2D eigenvalue weighted by Gasteiger charge is 2.11. The molecule has 2 N–H and O–H groups in total. The molecule has 0 aliphatic carbocycles. The van der Waals surface area contributed by atoms with E-state index in [9.17, 15) is 9.59 Å². The van der Waals surface area contributed by atoms with Crippen molar-refractivity contribution in [1.82, 2.24) is 10.2 Å². The van der Waals surface area contributed by atoms with E-state index >= 15 is 0 Å². The molecule has 126 valence electrons. The minimum absolute atomic E-state index is 0.0944. The van der Waals surface area contributed by atoms with Crippen LogP contribution in [0.4, 0.5) is 5.69 Å². The van der Waals surface area contributed by atoms with E-state index in [4.69, 9.17) is 9.52 Å². The number of amides is 1. The number of nitrogens with one attached hydrogen (secondary N) is 1.